The second-order valence-electron chi connectivity index (χ2n) is 17.0. The first-order valence-corrected chi connectivity index (χ1v) is 18.3. The molecule has 0 unspecified atom stereocenters. The summed E-state index contributed by atoms with van der Waals surface area (Å²) in [7, 11) is 12.7. The smallest absolute Gasteiger partial charge is 0.336 e. The lowest BCUT2D eigenvalue weighted by molar-refractivity contribution is -0.904. The number of benzene rings is 3. The SMILES string of the molecule is Cc1ccc(C)c(C[N+](C)(C)CCn2c(=O)n(CC[N+](C)(C)Cc3ccc(C)c(C)c3)c(=O)n(CC[N+](C)(C)Cc3cccc(C)c3C)c2=O)c1.[Br-].[Br-].[Br-]. The highest BCUT2D eigenvalue weighted by molar-refractivity contribution is 5.33. The molecule has 0 radical (unpaired) electrons. The monoisotopic (exact) mass is 936 g/mol. The lowest BCUT2D eigenvalue weighted by atomic mass is 10.0. The fraction of sp³-hybridized carbons (Fsp3) is 0.500. The Balaban J connectivity index is 0.00000486. The number of rotatable bonds is 15. The Hall–Kier alpha value is -2.61. The van der Waals surface area contributed by atoms with Crippen molar-refractivity contribution < 1.29 is 64.4 Å². The molecule has 0 fully saturated rings. The van der Waals surface area contributed by atoms with E-state index in [1.165, 1.54) is 63.8 Å². The van der Waals surface area contributed by atoms with Gasteiger partial charge in [-0.3, -0.25) is 0 Å². The van der Waals surface area contributed by atoms with E-state index in [0.29, 0.717) is 33.1 Å². The van der Waals surface area contributed by atoms with Gasteiger partial charge in [-0.2, -0.15) is 0 Å². The molecule has 1 heterocycles. The van der Waals surface area contributed by atoms with Gasteiger partial charge in [0, 0.05) is 16.7 Å². The average molecular weight is 940 g/mol. The van der Waals surface area contributed by atoms with Crippen LogP contribution in [0, 0.1) is 41.5 Å². The van der Waals surface area contributed by atoms with Crippen molar-refractivity contribution in [2.75, 3.05) is 61.9 Å². The van der Waals surface area contributed by atoms with E-state index in [1.807, 2.05) is 0 Å². The Morgan fingerprint density at radius 2 is 0.907 bits per heavy atom. The standard InChI is InChI=1S/C42H63N6O3.3BrH/c1-31-16-17-34(4)39(26-31)30-48(11,12)25-22-45-41(50)43(20-23-46(7,8)28-37-19-18-32(2)35(5)27-37)40(49)44(42(45)51)21-24-47(9,10)29-38-15-13-14-33(3)36(38)6;;;/h13-19,26-27H,20-25,28-30H2,1-12H3;3*1H/q+3;;;/p-3. The van der Waals surface area contributed by atoms with Crippen LogP contribution in [0.25, 0.3) is 0 Å². The molecule has 0 N–H and O–H groups in total. The molecule has 4 rings (SSSR count). The molecule has 0 saturated heterocycles. The summed E-state index contributed by atoms with van der Waals surface area (Å²) in [6.45, 7) is 17.3. The van der Waals surface area contributed by atoms with E-state index in [0.717, 1.165) is 19.6 Å². The van der Waals surface area contributed by atoms with Gasteiger partial charge >= 0.3 is 17.1 Å². The van der Waals surface area contributed by atoms with Gasteiger partial charge in [-0.1, -0.05) is 60.2 Å². The number of likely N-dealkylation sites (N-methyl/N-ethyl adjacent to an activating group) is 3. The molecular weight excluding hydrogens is 876 g/mol. The molecule has 0 saturated carbocycles. The normalized spacial score (nSPS) is 11.8. The molecule has 9 nitrogen and oxygen atoms in total. The van der Waals surface area contributed by atoms with E-state index in [1.54, 1.807) is 0 Å². The zero-order valence-corrected chi connectivity index (χ0v) is 39.4. The number of hydrogen-bond acceptors (Lipinski definition) is 3. The molecule has 0 spiro atoms. The number of aryl methyl sites for hydroxylation is 5. The minimum atomic E-state index is -0.525. The first-order valence-electron chi connectivity index (χ1n) is 18.3. The largest absolute Gasteiger partial charge is 1.00 e. The van der Waals surface area contributed by atoms with Gasteiger partial charge in [-0.15, -0.1) is 0 Å². The maximum absolute atomic E-state index is 14.1. The van der Waals surface area contributed by atoms with Crippen LogP contribution in [0.1, 0.15) is 50.1 Å². The van der Waals surface area contributed by atoms with Crippen molar-refractivity contribution in [2.24, 2.45) is 0 Å². The van der Waals surface area contributed by atoms with E-state index < -0.39 is 17.1 Å². The third-order valence-electron chi connectivity index (χ3n) is 10.8. The Morgan fingerprint density at radius 3 is 1.39 bits per heavy atom. The van der Waals surface area contributed by atoms with Crippen LogP contribution in [0.5, 0.6) is 0 Å². The van der Waals surface area contributed by atoms with Crippen LogP contribution >= 0.6 is 0 Å². The molecule has 4 aromatic rings. The Bertz CT molecular complexity index is 2010. The molecule has 0 atom stereocenters. The predicted molar refractivity (Wildman–Crippen MR) is 209 cm³/mol. The highest BCUT2D eigenvalue weighted by atomic mass is 79.9. The summed E-state index contributed by atoms with van der Waals surface area (Å²) >= 11 is 0. The minimum Gasteiger partial charge on any atom is -1.00 e. The highest BCUT2D eigenvalue weighted by Crippen LogP contribution is 2.18. The molecule has 300 valence electrons. The van der Waals surface area contributed by atoms with Gasteiger partial charge in [0.05, 0.1) is 81.6 Å². The Kier molecular flexibility index (Phi) is 18.3. The van der Waals surface area contributed by atoms with E-state index in [9.17, 15) is 14.4 Å². The molecule has 0 amide bonds. The first-order chi connectivity index (χ1) is 23.7. The van der Waals surface area contributed by atoms with Crippen molar-refractivity contribution in [3.05, 3.63) is 136 Å². The van der Waals surface area contributed by atoms with Gasteiger partial charge in [0.1, 0.15) is 19.6 Å². The van der Waals surface area contributed by atoms with Crippen LogP contribution in [0.3, 0.4) is 0 Å². The van der Waals surface area contributed by atoms with Gasteiger partial charge in [-0.05, 0) is 69.4 Å². The fourth-order valence-corrected chi connectivity index (χ4v) is 6.88. The quantitative estimate of drug-likeness (QED) is 0.114. The van der Waals surface area contributed by atoms with E-state index >= 15 is 0 Å². The van der Waals surface area contributed by atoms with Crippen molar-refractivity contribution in [1.82, 2.24) is 13.7 Å². The first kappa shape index (κ1) is 49.4. The van der Waals surface area contributed by atoms with Crippen LogP contribution in [0.15, 0.2) is 69.0 Å². The second-order valence-corrected chi connectivity index (χ2v) is 17.0. The summed E-state index contributed by atoms with van der Waals surface area (Å²) in [5.41, 5.74) is 9.59. The summed E-state index contributed by atoms with van der Waals surface area (Å²) in [5, 5.41) is 0. The maximum Gasteiger partial charge on any atom is 0.336 e. The van der Waals surface area contributed by atoms with E-state index in [2.05, 4.69) is 138 Å². The van der Waals surface area contributed by atoms with Gasteiger partial charge in [-0.25, -0.2) is 28.1 Å². The molecule has 3 aromatic carbocycles. The predicted octanol–water partition coefficient (Wildman–Crippen LogP) is -4.14. The molecule has 0 aliphatic heterocycles. The van der Waals surface area contributed by atoms with Crippen molar-refractivity contribution in [3.8, 4) is 0 Å². The summed E-state index contributed by atoms with van der Waals surface area (Å²) < 4.78 is 5.69. The molecule has 0 aliphatic carbocycles. The van der Waals surface area contributed by atoms with Crippen LogP contribution in [0.4, 0.5) is 0 Å². The molecular formula is C42H63Br3N6O3. The molecule has 0 bridgehead atoms. The maximum atomic E-state index is 14.1. The molecule has 1 aromatic heterocycles. The van der Waals surface area contributed by atoms with Gasteiger partial charge in [0.2, 0.25) is 0 Å². The van der Waals surface area contributed by atoms with Crippen molar-refractivity contribution in [2.45, 2.75) is 80.8 Å². The van der Waals surface area contributed by atoms with Crippen molar-refractivity contribution in [3.63, 3.8) is 0 Å². The average Bonchev–Trinajstić information content (AvgIpc) is 3.02. The second kappa shape index (κ2) is 20.0. The Labute approximate surface area is 354 Å². The lowest BCUT2D eigenvalue weighted by Crippen LogP contribution is -3.00. The fourth-order valence-electron chi connectivity index (χ4n) is 6.88. The zero-order valence-electron chi connectivity index (χ0n) is 34.6. The third-order valence-corrected chi connectivity index (χ3v) is 10.8. The summed E-state index contributed by atoms with van der Waals surface area (Å²) in [6.07, 6.45) is 0. The Morgan fingerprint density at radius 1 is 0.463 bits per heavy atom. The topological polar surface area (TPSA) is 66.0 Å². The van der Waals surface area contributed by atoms with E-state index in [4.69, 9.17) is 0 Å². The van der Waals surface area contributed by atoms with Gasteiger partial charge in [0.25, 0.3) is 0 Å². The number of halogens is 3. The number of quaternary nitrogens is 3. The number of hydrogen-bond donors (Lipinski definition) is 0. The van der Waals surface area contributed by atoms with E-state index in [-0.39, 0.29) is 70.6 Å². The molecule has 0 aliphatic rings. The van der Waals surface area contributed by atoms with Crippen molar-refractivity contribution in [1.29, 1.82) is 0 Å². The third kappa shape index (κ3) is 13.0. The molecule has 54 heavy (non-hydrogen) atoms. The van der Waals surface area contributed by atoms with Gasteiger partial charge < -0.3 is 64.4 Å². The minimum absolute atomic E-state index is 0. The zero-order chi connectivity index (χ0) is 37.9. The van der Waals surface area contributed by atoms with Crippen LogP contribution < -0.4 is 68.0 Å². The summed E-state index contributed by atoms with van der Waals surface area (Å²) in [6, 6.07) is 19.3. The van der Waals surface area contributed by atoms with Crippen molar-refractivity contribution >= 4 is 0 Å². The number of aromatic nitrogens is 3. The van der Waals surface area contributed by atoms with Crippen LogP contribution in [-0.4, -0.2) is 89.1 Å². The van der Waals surface area contributed by atoms with Crippen LogP contribution in [0.2, 0.25) is 0 Å². The lowest BCUT2D eigenvalue weighted by Gasteiger charge is -2.32. The summed E-state index contributed by atoms with van der Waals surface area (Å²) in [5.74, 6) is 0. The highest BCUT2D eigenvalue weighted by Gasteiger charge is 2.25. The number of nitrogens with zero attached hydrogens (tertiary/aromatic N) is 6. The van der Waals surface area contributed by atoms with Gasteiger partial charge in [0.15, 0.2) is 0 Å². The molecule has 12 heteroatoms. The summed E-state index contributed by atoms with van der Waals surface area (Å²) in [4.78, 5) is 42.3. The van der Waals surface area contributed by atoms with Crippen LogP contribution in [-0.2, 0) is 39.3 Å².